The fraction of sp³-hybridized carbons (Fsp3) is 0.111. The molecule has 0 saturated heterocycles. The molecule has 0 radical (unpaired) electrons. The van der Waals surface area contributed by atoms with Crippen molar-refractivity contribution >= 4 is 23.2 Å². The first-order chi connectivity index (χ1) is 12.2. The van der Waals surface area contributed by atoms with Crippen LogP contribution in [0, 0.1) is 10.1 Å². The molecule has 0 amide bonds. The molecule has 0 bridgehead atoms. The van der Waals surface area contributed by atoms with Crippen LogP contribution in [0.5, 0.6) is 0 Å². The van der Waals surface area contributed by atoms with Crippen molar-refractivity contribution in [3.8, 4) is 11.3 Å². The van der Waals surface area contributed by atoms with Crippen LogP contribution in [0.15, 0.2) is 70.2 Å². The highest BCUT2D eigenvalue weighted by atomic mass is 32.1. The van der Waals surface area contributed by atoms with Crippen LogP contribution in [-0.4, -0.2) is 15.7 Å². The molecule has 0 fully saturated rings. The maximum Gasteiger partial charge on any atom is 0.269 e. The van der Waals surface area contributed by atoms with Gasteiger partial charge in [0, 0.05) is 24.1 Å². The second-order valence-electron chi connectivity index (χ2n) is 5.21. The Kier molecular flexibility index (Phi) is 5.15. The summed E-state index contributed by atoms with van der Waals surface area (Å²) in [6.07, 6.45) is 1.59. The second kappa shape index (κ2) is 7.67. The van der Waals surface area contributed by atoms with Crippen molar-refractivity contribution in [3.05, 3.63) is 80.5 Å². The first-order valence-corrected chi connectivity index (χ1v) is 8.62. The van der Waals surface area contributed by atoms with Crippen LogP contribution in [0.2, 0.25) is 0 Å². The molecular formula is C18H16N4O2S. The van der Waals surface area contributed by atoms with Gasteiger partial charge in [0.15, 0.2) is 0 Å². The molecule has 25 heavy (non-hydrogen) atoms. The third-order valence-electron chi connectivity index (χ3n) is 3.64. The molecule has 0 spiro atoms. The van der Waals surface area contributed by atoms with Crippen LogP contribution < -0.4 is 4.80 Å². The van der Waals surface area contributed by atoms with E-state index < -0.39 is 4.92 Å². The maximum atomic E-state index is 10.7. The van der Waals surface area contributed by atoms with Crippen molar-refractivity contribution < 1.29 is 4.92 Å². The zero-order valence-corrected chi connectivity index (χ0v) is 14.4. The summed E-state index contributed by atoms with van der Waals surface area (Å²) in [6.45, 7) is 2.86. The van der Waals surface area contributed by atoms with E-state index in [1.54, 1.807) is 18.3 Å². The van der Waals surface area contributed by atoms with Crippen LogP contribution in [0.1, 0.15) is 12.5 Å². The average Bonchev–Trinajstić information content (AvgIpc) is 3.06. The minimum atomic E-state index is -0.424. The monoisotopic (exact) mass is 352 g/mol. The van der Waals surface area contributed by atoms with Gasteiger partial charge in [0.2, 0.25) is 4.80 Å². The number of nitro benzene ring substituents is 1. The topological polar surface area (TPSA) is 72.8 Å². The minimum absolute atomic E-state index is 0.0590. The summed E-state index contributed by atoms with van der Waals surface area (Å²) in [5.74, 6) is 0. The van der Waals surface area contributed by atoms with Gasteiger partial charge in [0.25, 0.3) is 5.69 Å². The van der Waals surface area contributed by atoms with Crippen molar-refractivity contribution in [2.45, 2.75) is 13.5 Å². The van der Waals surface area contributed by atoms with E-state index in [2.05, 4.69) is 39.2 Å². The van der Waals surface area contributed by atoms with Gasteiger partial charge in [-0.2, -0.15) is 5.10 Å². The molecule has 2 aromatic carbocycles. The molecule has 126 valence electrons. The number of benzene rings is 2. The average molecular weight is 352 g/mol. The van der Waals surface area contributed by atoms with E-state index in [4.69, 9.17) is 0 Å². The van der Waals surface area contributed by atoms with Crippen molar-refractivity contribution in [1.82, 2.24) is 4.57 Å². The fourth-order valence-corrected chi connectivity index (χ4v) is 3.31. The first kappa shape index (κ1) is 16.8. The highest BCUT2D eigenvalue weighted by molar-refractivity contribution is 7.07. The molecule has 1 aromatic heterocycles. The number of nitro groups is 1. The number of hydrogen-bond donors (Lipinski definition) is 0. The van der Waals surface area contributed by atoms with Crippen LogP contribution in [0.25, 0.3) is 11.3 Å². The van der Waals surface area contributed by atoms with Gasteiger partial charge < -0.3 is 4.57 Å². The number of nitrogens with zero attached hydrogens (tertiary/aromatic N) is 4. The van der Waals surface area contributed by atoms with Gasteiger partial charge in [-0.15, -0.1) is 16.4 Å². The largest absolute Gasteiger partial charge is 0.315 e. The Hall–Kier alpha value is -3.06. The summed E-state index contributed by atoms with van der Waals surface area (Å²) in [5.41, 5.74) is 3.07. The van der Waals surface area contributed by atoms with Crippen molar-refractivity contribution in [2.75, 3.05) is 0 Å². The molecule has 0 unspecified atom stereocenters. The van der Waals surface area contributed by atoms with Gasteiger partial charge >= 0.3 is 0 Å². The highest BCUT2D eigenvalue weighted by Gasteiger charge is 2.06. The van der Waals surface area contributed by atoms with Crippen molar-refractivity contribution in [1.29, 1.82) is 0 Å². The molecule has 0 aliphatic heterocycles. The number of thiazole rings is 1. The van der Waals surface area contributed by atoms with E-state index in [1.807, 2.05) is 18.2 Å². The molecule has 0 N–H and O–H groups in total. The van der Waals surface area contributed by atoms with Crippen LogP contribution in [-0.2, 0) is 6.54 Å². The smallest absolute Gasteiger partial charge is 0.269 e. The Morgan fingerprint density at radius 2 is 1.88 bits per heavy atom. The third-order valence-corrected chi connectivity index (χ3v) is 4.49. The molecule has 0 atom stereocenters. The third kappa shape index (κ3) is 3.89. The summed E-state index contributed by atoms with van der Waals surface area (Å²) < 4.78 is 2.10. The molecule has 3 aromatic rings. The maximum absolute atomic E-state index is 10.7. The van der Waals surface area contributed by atoms with Crippen molar-refractivity contribution in [3.63, 3.8) is 0 Å². The Labute approximate surface area is 148 Å². The summed E-state index contributed by atoms with van der Waals surface area (Å²) in [6, 6.07) is 16.3. The Morgan fingerprint density at radius 1 is 1.16 bits per heavy atom. The first-order valence-electron chi connectivity index (χ1n) is 7.74. The zero-order valence-electron chi connectivity index (χ0n) is 13.6. The molecule has 0 aliphatic rings. The van der Waals surface area contributed by atoms with Crippen LogP contribution in [0.3, 0.4) is 0 Å². The standard InChI is InChI=1S/C18H16N4O2S/c1-2-21-17(15-6-4-3-5-7-15)13-25-18(21)20-19-12-14-8-10-16(11-9-14)22(23)24/h3-13H,2H2,1H3/b19-12-,20-18-. The number of non-ortho nitro benzene ring substituents is 1. The van der Waals surface area contributed by atoms with Gasteiger partial charge in [0.05, 0.1) is 16.8 Å². The van der Waals surface area contributed by atoms with Gasteiger partial charge in [0.1, 0.15) is 0 Å². The van der Waals surface area contributed by atoms with Gasteiger partial charge in [-0.25, -0.2) is 0 Å². The summed E-state index contributed by atoms with van der Waals surface area (Å²) in [4.78, 5) is 11.0. The molecule has 0 saturated carbocycles. The lowest BCUT2D eigenvalue weighted by atomic mass is 10.2. The normalized spacial score (nSPS) is 12.0. The predicted octanol–water partition coefficient (Wildman–Crippen LogP) is 4.08. The molecule has 1 heterocycles. The van der Waals surface area contributed by atoms with Gasteiger partial charge in [-0.05, 0) is 30.2 Å². The Bertz CT molecular complexity index is 957. The lowest BCUT2D eigenvalue weighted by molar-refractivity contribution is -0.384. The minimum Gasteiger partial charge on any atom is -0.315 e. The van der Waals surface area contributed by atoms with E-state index in [1.165, 1.54) is 23.5 Å². The highest BCUT2D eigenvalue weighted by Crippen LogP contribution is 2.19. The Balaban J connectivity index is 1.86. The zero-order chi connectivity index (χ0) is 17.6. The number of aromatic nitrogens is 1. The van der Waals surface area contributed by atoms with E-state index in [9.17, 15) is 10.1 Å². The number of rotatable bonds is 5. The lowest BCUT2D eigenvalue weighted by Crippen LogP contribution is -2.14. The van der Waals surface area contributed by atoms with E-state index >= 15 is 0 Å². The molecule has 6 nitrogen and oxygen atoms in total. The van der Waals surface area contributed by atoms with E-state index in [-0.39, 0.29) is 5.69 Å². The van der Waals surface area contributed by atoms with Crippen LogP contribution >= 0.6 is 11.3 Å². The quantitative estimate of drug-likeness (QED) is 0.394. The summed E-state index contributed by atoms with van der Waals surface area (Å²) >= 11 is 1.53. The molecule has 7 heteroatoms. The molecule has 0 aliphatic carbocycles. The lowest BCUT2D eigenvalue weighted by Gasteiger charge is -2.05. The summed E-state index contributed by atoms with van der Waals surface area (Å²) in [5, 5.41) is 21.1. The van der Waals surface area contributed by atoms with Crippen LogP contribution in [0.4, 0.5) is 5.69 Å². The van der Waals surface area contributed by atoms with Crippen molar-refractivity contribution in [2.24, 2.45) is 10.2 Å². The molecular weight excluding hydrogens is 336 g/mol. The van der Waals surface area contributed by atoms with E-state index in [0.29, 0.717) is 0 Å². The Morgan fingerprint density at radius 3 is 2.52 bits per heavy atom. The SMILES string of the molecule is CCn1c(-c2ccccc2)cs/c1=N\N=C/c1ccc([N+](=O)[O-])cc1. The van der Waals surface area contributed by atoms with Gasteiger partial charge in [-0.1, -0.05) is 30.3 Å². The second-order valence-corrected chi connectivity index (χ2v) is 6.04. The van der Waals surface area contributed by atoms with Gasteiger partial charge in [-0.3, -0.25) is 10.1 Å². The van der Waals surface area contributed by atoms with E-state index in [0.717, 1.165) is 28.2 Å². The molecule has 3 rings (SSSR count). The number of hydrogen-bond acceptors (Lipinski definition) is 5. The fourth-order valence-electron chi connectivity index (χ4n) is 2.38. The predicted molar refractivity (Wildman–Crippen MR) is 99.7 cm³/mol. The summed E-state index contributed by atoms with van der Waals surface area (Å²) in [7, 11) is 0.